The van der Waals surface area contributed by atoms with E-state index in [2.05, 4.69) is 5.10 Å². The topological polar surface area (TPSA) is 75.1 Å². The van der Waals surface area contributed by atoms with Crippen molar-refractivity contribution < 1.29 is 9.90 Å². The molecule has 0 amide bonds. The number of nitrogens with one attached hydrogen (secondary N) is 1. The second-order valence-electron chi connectivity index (χ2n) is 5.88. The molecule has 102 valence electrons. The molecule has 0 saturated heterocycles. The lowest BCUT2D eigenvalue weighted by atomic mass is 9.88. The molecular formula is C13H22N2O3. The number of rotatable bonds is 4. The van der Waals surface area contributed by atoms with Crippen molar-refractivity contribution >= 4 is 5.97 Å². The normalized spacial score (nSPS) is 12.1. The van der Waals surface area contributed by atoms with E-state index in [1.165, 1.54) is 0 Å². The average Bonchev–Trinajstić information content (AvgIpc) is 2.52. The van der Waals surface area contributed by atoms with Crippen LogP contribution in [-0.2, 0) is 16.6 Å². The summed E-state index contributed by atoms with van der Waals surface area (Å²) in [7, 11) is 0. The molecule has 18 heavy (non-hydrogen) atoms. The summed E-state index contributed by atoms with van der Waals surface area (Å²) in [4.78, 5) is 22.9. The molecule has 5 nitrogen and oxygen atoms in total. The van der Waals surface area contributed by atoms with Crippen LogP contribution in [0.2, 0.25) is 0 Å². The highest BCUT2D eigenvalue weighted by Crippen LogP contribution is 2.23. The maximum absolute atomic E-state index is 12.2. The van der Waals surface area contributed by atoms with Gasteiger partial charge >= 0.3 is 5.97 Å². The molecule has 1 aromatic heterocycles. The molecule has 0 atom stereocenters. The molecule has 0 unspecified atom stereocenters. The first-order chi connectivity index (χ1) is 8.14. The van der Waals surface area contributed by atoms with Gasteiger partial charge in [-0.05, 0) is 20.3 Å². The number of H-pyrrole nitrogens is 1. The third-order valence-corrected chi connectivity index (χ3v) is 2.87. The highest BCUT2D eigenvalue weighted by molar-refractivity contribution is 5.67. The summed E-state index contributed by atoms with van der Waals surface area (Å²) in [6, 6.07) is 0.0391. The number of carboxylic acids is 1. The van der Waals surface area contributed by atoms with Gasteiger partial charge in [0, 0.05) is 29.1 Å². The molecule has 1 rings (SSSR count). The Morgan fingerprint density at radius 3 is 2.33 bits per heavy atom. The fourth-order valence-electron chi connectivity index (χ4n) is 1.94. The predicted octanol–water partition coefficient (Wildman–Crippen LogP) is 2.07. The van der Waals surface area contributed by atoms with Crippen LogP contribution in [0.3, 0.4) is 0 Å². The number of hydrogen-bond donors (Lipinski definition) is 2. The largest absolute Gasteiger partial charge is 0.481 e. The standard InChI is InChI=1S/C13H22N2O3/c1-8(2)15-12(18)9(6-7-10(16)17)11(14-15)13(3,4)5/h8,14H,6-7H2,1-5H3,(H,16,17). The fourth-order valence-corrected chi connectivity index (χ4v) is 1.94. The third kappa shape index (κ3) is 3.03. The SMILES string of the molecule is CC(C)n1[nH]c(C(C)(C)C)c(CCC(=O)O)c1=O. The van der Waals surface area contributed by atoms with E-state index in [1.54, 1.807) is 4.68 Å². The summed E-state index contributed by atoms with van der Waals surface area (Å²) in [5.74, 6) is -0.883. The summed E-state index contributed by atoms with van der Waals surface area (Å²) in [6.45, 7) is 9.87. The Bertz CT molecular complexity index is 489. The summed E-state index contributed by atoms with van der Waals surface area (Å²) < 4.78 is 1.57. The van der Waals surface area contributed by atoms with Crippen LogP contribution in [0.25, 0.3) is 0 Å². The Kier molecular flexibility index (Phi) is 4.04. The van der Waals surface area contributed by atoms with Gasteiger partial charge in [-0.3, -0.25) is 19.4 Å². The molecule has 5 heteroatoms. The van der Waals surface area contributed by atoms with Gasteiger partial charge in [-0.1, -0.05) is 20.8 Å². The van der Waals surface area contributed by atoms with Gasteiger partial charge in [-0.2, -0.15) is 0 Å². The van der Waals surface area contributed by atoms with E-state index in [0.29, 0.717) is 5.56 Å². The number of aromatic amines is 1. The molecule has 1 aromatic rings. The fraction of sp³-hybridized carbons (Fsp3) is 0.692. The lowest BCUT2D eigenvalue weighted by Crippen LogP contribution is -2.21. The number of hydrogen-bond acceptors (Lipinski definition) is 2. The molecule has 0 fully saturated rings. The summed E-state index contributed by atoms with van der Waals surface area (Å²) in [5, 5.41) is 11.9. The van der Waals surface area contributed by atoms with Crippen LogP contribution < -0.4 is 5.56 Å². The maximum atomic E-state index is 12.2. The zero-order valence-corrected chi connectivity index (χ0v) is 11.7. The van der Waals surface area contributed by atoms with Crippen LogP contribution in [0.1, 0.15) is 58.3 Å². The maximum Gasteiger partial charge on any atom is 0.303 e. The van der Waals surface area contributed by atoms with Gasteiger partial charge < -0.3 is 5.11 Å². The van der Waals surface area contributed by atoms with E-state index in [4.69, 9.17) is 5.11 Å². The molecule has 0 saturated carbocycles. The van der Waals surface area contributed by atoms with Crippen molar-refractivity contribution in [3.63, 3.8) is 0 Å². The Morgan fingerprint density at radius 2 is 1.94 bits per heavy atom. The number of aromatic nitrogens is 2. The van der Waals surface area contributed by atoms with Crippen LogP contribution in [0.5, 0.6) is 0 Å². The molecule has 0 spiro atoms. The van der Waals surface area contributed by atoms with Crippen molar-refractivity contribution in [2.75, 3.05) is 0 Å². The van der Waals surface area contributed by atoms with Crippen LogP contribution >= 0.6 is 0 Å². The van der Waals surface area contributed by atoms with Gasteiger partial charge in [0.2, 0.25) is 0 Å². The average molecular weight is 254 g/mol. The van der Waals surface area contributed by atoms with Gasteiger partial charge in [0.15, 0.2) is 0 Å². The molecule has 0 aliphatic carbocycles. The van der Waals surface area contributed by atoms with E-state index in [-0.39, 0.29) is 29.9 Å². The molecular weight excluding hydrogens is 232 g/mol. The highest BCUT2D eigenvalue weighted by atomic mass is 16.4. The van der Waals surface area contributed by atoms with Gasteiger partial charge in [0.05, 0.1) is 0 Å². The van der Waals surface area contributed by atoms with Crippen LogP contribution in [-0.4, -0.2) is 20.9 Å². The number of carbonyl (C=O) groups is 1. The summed E-state index contributed by atoms with van der Waals surface area (Å²) in [5.41, 5.74) is 1.13. The van der Waals surface area contributed by atoms with Gasteiger partial charge in [-0.15, -0.1) is 0 Å². The van der Waals surface area contributed by atoms with Crippen molar-refractivity contribution in [3.8, 4) is 0 Å². The smallest absolute Gasteiger partial charge is 0.303 e. The molecule has 2 N–H and O–H groups in total. The zero-order valence-electron chi connectivity index (χ0n) is 11.7. The summed E-state index contributed by atoms with van der Waals surface area (Å²) >= 11 is 0. The Balaban J connectivity index is 3.28. The van der Waals surface area contributed by atoms with E-state index < -0.39 is 5.97 Å². The third-order valence-electron chi connectivity index (χ3n) is 2.87. The van der Waals surface area contributed by atoms with E-state index >= 15 is 0 Å². The number of carboxylic acid groups (broad SMARTS) is 1. The highest BCUT2D eigenvalue weighted by Gasteiger charge is 2.25. The van der Waals surface area contributed by atoms with Gasteiger partial charge in [0.25, 0.3) is 5.56 Å². The Morgan fingerprint density at radius 1 is 1.39 bits per heavy atom. The van der Waals surface area contributed by atoms with Crippen LogP contribution in [0, 0.1) is 0 Å². The van der Waals surface area contributed by atoms with Crippen molar-refractivity contribution in [3.05, 3.63) is 21.6 Å². The van der Waals surface area contributed by atoms with Gasteiger partial charge in [0.1, 0.15) is 0 Å². The number of aliphatic carboxylic acids is 1. The molecule has 0 aliphatic heterocycles. The van der Waals surface area contributed by atoms with Crippen LogP contribution in [0.15, 0.2) is 4.79 Å². The van der Waals surface area contributed by atoms with E-state index in [1.807, 2.05) is 34.6 Å². The van der Waals surface area contributed by atoms with E-state index in [0.717, 1.165) is 5.69 Å². The first-order valence-electron chi connectivity index (χ1n) is 6.20. The second kappa shape index (κ2) is 5.00. The Hall–Kier alpha value is -1.52. The van der Waals surface area contributed by atoms with Crippen LogP contribution in [0.4, 0.5) is 0 Å². The molecule has 0 radical (unpaired) electrons. The minimum absolute atomic E-state index is 0.0196. The lowest BCUT2D eigenvalue weighted by molar-refractivity contribution is -0.136. The van der Waals surface area contributed by atoms with E-state index in [9.17, 15) is 9.59 Å². The van der Waals surface area contributed by atoms with Gasteiger partial charge in [-0.25, -0.2) is 0 Å². The number of nitrogens with zero attached hydrogens (tertiary/aromatic N) is 1. The Labute approximate surface area is 107 Å². The second-order valence-corrected chi connectivity index (χ2v) is 5.88. The summed E-state index contributed by atoms with van der Waals surface area (Å²) in [6.07, 6.45) is 0.255. The minimum Gasteiger partial charge on any atom is -0.481 e. The first kappa shape index (κ1) is 14.5. The predicted molar refractivity (Wildman–Crippen MR) is 70.1 cm³/mol. The quantitative estimate of drug-likeness (QED) is 0.863. The minimum atomic E-state index is -0.883. The van der Waals surface area contributed by atoms with Crippen molar-refractivity contribution in [1.29, 1.82) is 0 Å². The van der Waals surface area contributed by atoms with Crippen molar-refractivity contribution in [1.82, 2.24) is 9.78 Å². The monoisotopic (exact) mass is 254 g/mol. The molecule has 1 heterocycles. The zero-order chi connectivity index (χ0) is 14.1. The molecule has 0 bridgehead atoms. The molecule has 0 aromatic carbocycles. The van der Waals surface area contributed by atoms with Crippen molar-refractivity contribution in [2.45, 2.75) is 58.9 Å². The van der Waals surface area contributed by atoms with Crippen molar-refractivity contribution in [2.24, 2.45) is 0 Å². The lowest BCUT2D eigenvalue weighted by Gasteiger charge is -2.18. The molecule has 0 aliphatic rings. The first-order valence-corrected chi connectivity index (χ1v) is 6.20.